The van der Waals surface area contributed by atoms with E-state index in [-0.39, 0.29) is 29.8 Å². The zero-order chi connectivity index (χ0) is 26.1. The fourth-order valence-electron chi connectivity index (χ4n) is 5.29. The molecular weight excluding hydrogens is 472 g/mol. The summed E-state index contributed by atoms with van der Waals surface area (Å²) in [7, 11) is 0. The molecule has 0 amide bonds. The van der Waals surface area contributed by atoms with Crippen molar-refractivity contribution in [1.29, 1.82) is 0 Å². The van der Waals surface area contributed by atoms with Crippen molar-refractivity contribution in [1.82, 2.24) is 0 Å². The number of rotatable bonds is 6. The fourth-order valence-corrected chi connectivity index (χ4v) is 5.37. The molecule has 2 unspecified atom stereocenters. The van der Waals surface area contributed by atoms with Crippen molar-refractivity contribution in [2.24, 2.45) is 22.7 Å². The SMILES string of the molecule is C.CC(Cc1cccc2c1CC(C)(C)C2)C(=O)Cl.CC(Cc1cccc2c1CC(C)(C)C2=O)C(=O)O. The molecular formula is C31H41ClO4. The molecule has 5 heteroatoms. The highest BCUT2D eigenvalue weighted by molar-refractivity contribution is 6.63. The molecule has 0 spiro atoms. The van der Waals surface area contributed by atoms with E-state index in [1.54, 1.807) is 6.92 Å². The third kappa shape index (κ3) is 6.64. The number of halogens is 1. The number of Topliss-reactive ketones (excluding diaryl/α,β-unsaturated/α-hetero) is 1. The lowest BCUT2D eigenvalue weighted by Crippen LogP contribution is -2.18. The second kappa shape index (κ2) is 11.3. The minimum Gasteiger partial charge on any atom is -0.481 e. The Balaban J connectivity index is 0.000000247. The van der Waals surface area contributed by atoms with Gasteiger partial charge in [0.15, 0.2) is 5.78 Å². The third-order valence-corrected chi connectivity index (χ3v) is 7.68. The maximum absolute atomic E-state index is 12.2. The Labute approximate surface area is 221 Å². The molecule has 0 aromatic heterocycles. The van der Waals surface area contributed by atoms with E-state index in [0.29, 0.717) is 18.3 Å². The smallest absolute Gasteiger partial charge is 0.306 e. The van der Waals surface area contributed by atoms with E-state index in [9.17, 15) is 14.4 Å². The molecule has 196 valence electrons. The monoisotopic (exact) mass is 512 g/mol. The van der Waals surface area contributed by atoms with E-state index < -0.39 is 11.9 Å². The van der Waals surface area contributed by atoms with Crippen molar-refractivity contribution in [2.45, 2.75) is 81.1 Å². The summed E-state index contributed by atoms with van der Waals surface area (Å²) in [5.74, 6) is -1.14. The second-order valence-electron chi connectivity index (χ2n) is 11.8. The van der Waals surface area contributed by atoms with Crippen LogP contribution in [0, 0.1) is 22.7 Å². The van der Waals surface area contributed by atoms with Crippen LogP contribution in [0.15, 0.2) is 36.4 Å². The van der Waals surface area contributed by atoms with Gasteiger partial charge < -0.3 is 5.11 Å². The summed E-state index contributed by atoms with van der Waals surface area (Å²) in [6, 6.07) is 12.1. The summed E-state index contributed by atoms with van der Waals surface area (Å²) in [6.45, 7) is 12.1. The van der Waals surface area contributed by atoms with Crippen LogP contribution in [0.3, 0.4) is 0 Å². The molecule has 0 heterocycles. The van der Waals surface area contributed by atoms with Crippen LogP contribution in [0.1, 0.15) is 87.1 Å². The number of hydrogen-bond acceptors (Lipinski definition) is 3. The van der Waals surface area contributed by atoms with Crippen LogP contribution >= 0.6 is 11.6 Å². The van der Waals surface area contributed by atoms with E-state index in [4.69, 9.17) is 16.7 Å². The topological polar surface area (TPSA) is 71.4 Å². The molecule has 0 saturated carbocycles. The first-order chi connectivity index (χ1) is 16.2. The number of fused-ring (bicyclic) bond motifs is 2. The van der Waals surface area contributed by atoms with Crippen molar-refractivity contribution < 1.29 is 19.5 Å². The van der Waals surface area contributed by atoms with E-state index in [0.717, 1.165) is 36.0 Å². The molecule has 0 bridgehead atoms. The summed E-state index contributed by atoms with van der Waals surface area (Å²) in [4.78, 5) is 34.2. The maximum Gasteiger partial charge on any atom is 0.306 e. The van der Waals surface area contributed by atoms with Gasteiger partial charge in [0.2, 0.25) is 5.24 Å². The Bertz CT molecular complexity index is 1150. The van der Waals surface area contributed by atoms with Gasteiger partial charge in [-0.1, -0.05) is 85.4 Å². The molecule has 4 nitrogen and oxygen atoms in total. The summed E-state index contributed by atoms with van der Waals surface area (Å²) in [5.41, 5.74) is 7.01. The zero-order valence-electron chi connectivity index (χ0n) is 21.7. The third-order valence-electron chi connectivity index (χ3n) is 7.31. The van der Waals surface area contributed by atoms with Gasteiger partial charge in [0, 0.05) is 16.9 Å². The van der Waals surface area contributed by atoms with Gasteiger partial charge in [0.05, 0.1) is 5.92 Å². The fraction of sp³-hybridized carbons (Fsp3) is 0.516. The Hall–Kier alpha value is -2.46. The van der Waals surface area contributed by atoms with Crippen molar-refractivity contribution in [3.63, 3.8) is 0 Å². The first-order valence-electron chi connectivity index (χ1n) is 12.4. The van der Waals surface area contributed by atoms with Gasteiger partial charge >= 0.3 is 5.97 Å². The summed E-state index contributed by atoms with van der Waals surface area (Å²) in [6.07, 6.45) is 4.22. The highest BCUT2D eigenvalue weighted by Crippen LogP contribution is 2.39. The molecule has 2 aromatic carbocycles. The van der Waals surface area contributed by atoms with Crippen molar-refractivity contribution in [3.8, 4) is 0 Å². The summed E-state index contributed by atoms with van der Waals surface area (Å²) in [5, 5.41) is 8.74. The largest absolute Gasteiger partial charge is 0.481 e. The van der Waals surface area contributed by atoms with Crippen LogP contribution in [0.2, 0.25) is 0 Å². The molecule has 2 aliphatic carbocycles. The van der Waals surface area contributed by atoms with Crippen molar-refractivity contribution >= 4 is 28.6 Å². The van der Waals surface area contributed by atoms with Gasteiger partial charge in [-0.05, 0) is 76.9 Å². The molecule has 1 N–H and O–H groups in total. The van der Waals surface area contributed by atoms with Crippen LogP contribution in [0.25, 0.3) is 0 Å². The molecule has 2 atom stereocenters. The standard InChI is InChI=1S/C15H19ClO.C15H18O3.CH4/c1-10(14(16)17)7-11-5-4-6-12-8-15(2,3)9-13(11)12;1-9(14(17)18)7-10-5-4-6-11-12(10)8-15(2,3)13(11)16;/h4-6,10H,7-9H2,1-3H3;4-6,9H,7-8H2,1-3H3,(H,17,18);1H4. The first kappa shape index (κ1) is 29.8. The second-order valence-corrected chi connectivity index (χ2v) is 12.1. The minimum atomic E-state index is -0.795. The molecule has 4 rings (SSSR count). The lowest BCUT2D eigenvalue weighted by atomic mass is 9.88. The van der Waals surface area contributed by atoms with Gasteiger partial charge in [0.25, 0.3) is 0 Å². The number of carbonyl (C=O) groups is 3. The predicted octanol–water partition coefficient (Wildman–Crippen LogP) is 7.11. The molecule has 0 fully saturated rings. The van der Waals surface area contributed by atoms with E-state index in [1.807, 2.05) is 39.0 Å². The summed E-state index contributed by atoms with van der Waals surface area (Å²) < 4.78 is 0. The van der Waals surface area contributed by atoms with Gasteiger partial charge in [-0.15, -0.1) is 0 Å². The minimum absolute atomic E-state index is 0. The number of aliphatic carboxylic acids is 1. The highest BCUT2D eigenvalue weighted by atomic mass is 35.5. The maximum atomic E-state index is 12.2. The van der Waals surface area contributed by atoms with Gasteiger partial charge in [-0.25, -0.2) is 0 Å². The zero-order valence-corrected chi connectivity index (χ0v) is 22.5. The van der Waals surface area contributed by atoms with Crippen LogP contribution < -0.4 is 0 Å². The van der Waals surface area contributed by atoms with Gasteiger partial charge in [-0.2, -0.15) is 0 Å². The van der Waals surface area contributed by atoms with Crippen molar-refractivity contribution in [3.05, 3.63) is 69.8 Å². The van der Waals surface area contributed by atoms with E-state index in [2.05, 4.69) is 32.0 Å². The first-order valence-corrected chi connectivity index (χ1v) is 12.8. The average Bonchev–Trinajstić information content (AvgIpc) is 3.21. The van der Waals surface area contributed by atoms with Crippen LogP contribution in [0.5, 0.6) is 0 Å². The van der Waals surface area contributed by atoms with E-state index >= 15 is 0 Å². The number of benzene rings is 2. The molecule has 2 aromatic rings. The van der Waals surface area contributed by atoms with Crippen LogP contribution in [0.4, 0.5) is 0 Å². The molecule has 36 heavy (non-hydrogen) atoms. The normalized spacial score (nSPS) is 18.1. The molecule has 2 aliphatic rings. The number of carboxylic acid groups (broad SMARTS) is 1. The Morgan fingerprint density at radius 1 is 0.889 bits per heavy atom. The van der Waals surface area contributed by atoms with E-state index in [1.165, 1.54) is 16.7 Å². The lowest BCUT2D eigenvalue weighted by molar-refractivity contribution is -0.141. The number of carboxylic acids is 1. The van der Waals surface area contributed by atoms with Crippen molar-refractivity contribution in [2.75, 3.05) is 0 Å². The summed E-state index contributed by atoms with van der Waals surface area (Å²) >= 11 is 5.55. The number of ketones is 1. The molecule has 0 aliphatic heterocycles. The predicted molar refractivity (Wildman–Crippen MR) is 147 cm³/mol. The van der Waals surface area contributed by atoms with Crippen LogP contribution in [-0.4, -0.2) is 22.1 Å². The Morgan fingerprint density at radius 2 is 1.44 bits per heavy atom. The number of hydrogen-bond donors (Lipinski definition) is 1. The lowest BCUT2D eigenvalue weighted by Gasteiger charge is -2.16. The Kier molecular flexibility index (Phi) is 9.34. The quantitative estimate of drug-likeness (QED) is 0.419. The van der Waals surface area contributed by atoms with Gasteiger partial charge in [-0.3, -0.25) is 14.4 Å². The van der Waals surface area contributed by atoms with Crippen LogP contribution in [-0.2, 0) is 41.7 Å². The highest BCUT2D eigenvalue weighted by Gasteiger charge is 2.38. The van der Waals surface area contributed by atoms with Gasteiger partial charge in [0.1, 0.15) is 0 Å². The average molecular weight is 513 g/mol. The molecule has 0 radical (unpaired) electrons. The number of carbonyl (C=O) groups excluding carboxylic acids is 2. The molecule has 0 saturated heterocycles. The Morgan fingerprint density at radius 3 is 2.03 bits per heavy atom.